The molecular formula is C22H17ClN4O4. The molecule has 3 aromatic carbocycles. The highest BCUT2D eigenvalue weighted by atomic mass is 35.5. The molecule has 0 atom stereocenters. The topological polar surface area (TPSA) is 105 Å². The van der Waals surface area contributed by atoms with E-state index in [4.69, 9.17) is 21.1 Å². The second-order valence-corrected chi connectivity index (χ2v) is 6.86. The fraction of sp³-hybridized carbons (Fsp3) is 0.0909. The van der Waals surface area contributed by atoms with Gasteiger partial charge in [-0.15, -0.1) is 5.11 Å². The van der Waals surface area contributed by atoms with Crippen LogP contribution in [-0.4, -0.2) is 30.4 Å². The number of hydrogen-bond donors (Lipinski definition) is 2. The van der Waals surface area contributed by atoms with Crippen LogP contribution in [0.2, 0.25) is 5.02 Å². The van der Waals surface area contributed by atoms with Crippen LogP contribution in [0.4, 0.5) is 11.4 Å². The Hall–Kier alpha value is -3.91. The number of amides is 1. The SMILES string of the molecule is O=C(NN=Cc1cc(N=Nc2ccccc2Cl)ccc1O)c1ccc2c(c1)OCCO2. The molecule has 0 saturated carbocycles. The number of phenols is 1. The summed E-state index contributed by atoms with van der Waals surface area (Å²) in [5.41, 5.74) is 4.16. The quantitative estimate of drug-likeness (QED) is 0.333. The van der Waals surface area contributed by atoms with E-state index in [2.05, 4.69) is 20.8 Å². The normalized spacial score (nSPS) is 12.9. The number of ether oxygens (including phenoxy) is 2. The second-order valence-electron chi connectivity index (χ2n) is 6.45. The van der Waals surface area contributed by atoms with Crippen molar-refractivity contribution in [2.45, 2.75) is 0 Å². The lowest BCUT2D eigenvalue weighted by molar-refractivity contribution is 0.0954. The van der Waals surface area contributed by atoms with Crippen LogP contribution in [0.1, 0.15) is 15.9 Å². The average Bonchev–Trinajstić information content (AvgIpc) is 2.80. The van der Waals surface area contributed by atoms with E-state index >= 15 is 0 Å². The molecule has 8 nitrogen and oxygen atoms in total. The smallest absolute Gasteiger partial charge is 0.271 e. The number of fused-ring (bicyclic) bond motifs is 1. The summed E-state index contributed by atoms with van der Waals surface area (Å²) in [7, 11) is 0. The maximum atomic E-state index is 12.3. The number of hydrazone groups is 1. The first kappa shape index (κ1) is 20.4. The molecule has 3 aromatic rings. The van der Waals surface area contributed by atoms with Gasteiger partial charge in [0.1, 0.15) is 24.7 Å². The summed E-state index contributed by atoms with van der Waals surface area (Å²) in [6.07, 6.45) is 1.32. The lowest BCUT2D eigenvalue weighted by Crippen LogP contribution is -2.19. The van der Waals surface area contributed by atoms with Gasteiger partial charge in [0.25, 0.3) is 5.91 Å². The first-order valence-corrected chi connectivity index (χ1v) is 9.70. The van der Waals surface area contributed by atoms with Crippen molar-refractivity contribution in [3.8, 4) is 17.2 Å². The van der Waals surface area contributed by atoms with Gasteiger partial charge in [-0.25, -0.2) is 5.43 Å². The Kier molecular flexibility index (Phi) is 6.09. The van der Waals surface area contributed by atoms with Crippen molar-refractivity contribution >= 4 is 35.1 Å². The van der Waals surface area contributed by atoms with Crippen LogP contribution < -0.4 is 14.9 Å². The number of azo groups is 1. The maximum Gasteiger partial charge on any atom is 0.271 e. The Bertz CT molecular complexity index is 1180. The van der Waals surface area contributed by atoms with E-state index < -0.39 is 5.91 Å². The molecule has 9 heteroatoms. The van der Waals surface area contributed by atoms with Crippen molar-refractivity contribution < 1.29 is 19.4 Å². The Morgan fingerprint density at radius 3 is 2.65 bits per heavy atom. The van der Waals surface area contributed by atoms with Gasteiger partial charge in [-0.1, -0.05) is 23.7 Å². The summed E-state index contributed by atoms with van der Waals surface area (Å²) in [5, 5.41) is 22.7. The molecule has 0 fully saturated rings. The lowest BCUT2D eigenvalue weighted by atomic mass is 10.2. The average molecular weight is 437 g/mol. The number of benzene rings is 3. The second kappa shape index (κ2) is 9.27. The zero-order chi connectivity index (χ0) is 21.6. The van der Waals surface area contributed by atoms with Crippen molar-refractivity contribution in [2.24, 2.45) is 15.3 Å². The fourth-order valence-corrected chi connectivity index (χ4v) is 2.94. The molecule has 31 heavy (non-hydrogen) atoms. The summed E-state index contributed by atoms with van der Waals surface area (Å²) in [4.78, 5) is 12.3. The number of carbonyl (C=O) groups excluding carboxylic acids is 1. The minimum atomic E-state index is -0.428. The van der Waals surface area contributed by atoms with Gasteiger partial charge < -0.3 is 14.6 Å². The van der Waals surface area contributed by atoms with Crippen LogP contribution in [0.25, 0.3) is 0 Å². The van der Waals surface area contributed by atoms with Crippen LogP contribution >= 0.6 is 11.6 Å². The van der Waals surface area contributed by atoms with Gasteiger partial charge >= 0.3 is 0 Å². The highest BCUT2D eigenvalue weighted by Gasteiger charge is 2.14. The van der Waals surface area contributed by atoms with Crippen molar-refractivity contribution in [1.82, 2.24) is 5.43 Å². The van der Waals surface area contributed by atoms with E-state index in [1.54, 1.807) is 54.6 Å². The zero-order valence-electron chi connectivity index (χ0n) is 16.2. The molecule has 0 radical (unpaired) electrons. The Balaban J connectivity index is 1.44. The highest BCUT2D eigenvalue weighted by molar-refractivity contribution is 6.32. The predicted molar refractivity (Wildman–Crippen MR) is 116 cm³/mol. The molecule has 2 N–H and O–H groups in total. The number of nitrogens with zero attached hydrogens (tertiary/aromatic N) is 3. The van der Waals surface area contributed by atoms with Gasteiger partial charge in [-0.2, -0.15) is 10.2 Å². The number of aromatic hydroxyl groups is 1. The molecule has 1 amide bonds. The lowest BCUT2D eigenvalue weighted by Gasteiger charge is -2.18. The third-order valence-electron chi connectivity index (χ3n) is 4.31. The van der Waals surface area contributed by atoms with Gasteiger partial charge in [0.15, 0.2) is 11.5 Å². The molecule has 4 rings (SSSR count). The molecular weight excluding hydrogens is 420 g/mol. The molecule has 1 heterocycles. The van der Waals surface area contributed by atoms with Crippen molar-refractivity contribution in [3.63, 3.8) is 0 Å². The van der Waals surface area contributed by atoms with Gasteiger partial charge in [-0.05, 0) is 48.5 Å². The van der Waals surface area contributed by atoms with Gasteiger partial charge in [0.2, 0.25) is 0 Å². The van der Waals surface area contributed by atoms with Crippen molar-refractivity contribution in [3.05, 3.63) is 76.8 Å². The molecule has 1 aliphatic heterocycles. The summed E-state index contributed by atoms with van der Waals surface area (Å²) < 4.78 is 10.9. The van der Waals surface area contributed by atoms with Crippen LogP contribution in [0, 0.1) is 0 Å². The Morgan fingerprint density at radius 1 is 1.00 bits per heavy atom. The number of halogens is 1. The summed E-state index contributed by atoms with van der Waals surface area (Å²) in [5.74, 6) is 0.660. The minimum Gasteiger partial charge on any atom is -0.507 e. The number of carbonyl (C=O) groups is 1. The van der Waals surface area contributed by atoms with Gasteiger partial charge in [-0.3, -0.25) is 4.79 Å². The number of rotatable bonds is 5. The van der Waals surface area contributed by atoms with Gasteiger partial charge in [0.05, 0.1) is 16.9 Å². The first-order valence-electron chi connectivity index (χ1n) is 9.32. The maximum absolute atomic E-state index is 12.3. The number of phenolic OH excluding ortho intramolecular Hbond substituents is 1. The van der Waals surface area contributed by atoms with E-state index in [-0.39, 0.29) is 5.75 Å². The standard InChI is InChI=1S/C22H17ClN4O4/c23-17-3-1-2-4-18(17)26-25-16-6-7-19(28)15(11-16)13-24-27-22(29)14-5-8-20-21(12-14)31-10-9-30-20/h1-8,11-13,28H,9-10H2,(H,27,29). The molecule has 0 saturated heterocycles. The number of nitrogens with one attached hydrogen (secondary N) is 1. The largest absolute Gasteiger partial charge is 0.507 e. The van der Waals surface area contributed by atoms with Crippen LogP contribution in [0.5, 0.6) is 17.2 Å². The van der Waals surface area contributed by atoms with Crippen LogP contribution in [-0.2, 0) is 0 Å². The van der Waals surface area contributed by atoms with E-state index in [0.29, 0.717) is 52.2 Å². The van der Waals surface area contributed by atoms with E-state index in [0.717, 1.165) is 0 Å². The Morgan fingerprint density at radius 2 is 1.81 bits per heavy atom. The Labute approximate surface area is 182 Å². The molecule has 0 unspecified atom stereocenters. The fourth-order valence-electron chi connectivity index (χ4n) is 2.76. The third-order valence-corrected chi connectivity index (χ3v) is 4.63. The summed E-state index contributed by atoms with van der Waals surface area (Å²) >= 11 is 6.06. The minimum absolute atomic E-state index is 0.0194. The summed E-state index contributed by atoms with van der Waals surface area (Å²) in [6, 6.07) is 16.6. The van der Waals surface area contributed by atoms with E-state index in [9.17, 15) is 9.90 Å². The van der Waals surface area contributed by atoms with Crippen molar-refractivity contribution in [2.75, 3.05) is 13.2 Å². The summed E-state index contributed by atoms with van der Waals surface area (Å²) in [6.45, 7) is 0.906. The molecule has 0 aromatic heterocycles. The van der Waals surface area contributed by atoms with Gasteiger partial charge in [0, 0.05) is 11.1 Å². The molecule has 0 bridgehead atoms. The third kappa shape index (κ3) is 4.99. The van der Waals surface area contributed by atoms with E-state index in [1.807, 2.05) is 0 Å². The highest BCUT2D eigenvalue weighted by Crippen LogP contribution is 2.31. The predicted octanol–water partition coefficient (Wildman–Crippen LogP) is 5.00. The van der Waals surface area contributed by atoms with E-state index in [1.165, 1.54) is 12.3 Å². The zero-order valence-corrected chi connectivity index (χ0v) is 16.9. The monoisotopic (exact) mass is 436 g/mol. The first-order chi connectivity index (χ1) is 15.1. The van der Waals surface area contributed by atoms with Crippen LogP contribution in [0.15, 0.2) is 76.0 Å². The number of hydrogen-bond acceptors (Lipinski definition) is 7. The molecule has 1 aliphatic rings. The van der Waals surface area contributed by atoms with Crippen LogP contribution in [0.3, 0.4) is 0 Å². The van der Waals surface area contributed by atoms with Crippen molar-refractivity contribution in [1.29, 1.82) is 0 Å². The molecule has 0 aliphatic carbocycles. The molecule has 156 valence electrons. The molecule has 0 spiro atoms.